The van der Waals surface area contributed by atoms with Crippen molar-refractivity contribution >= 4 is 5.91 Å². The third-order valence-electron chi connectivity index (χ3n) is 2.92. The predicted octanol–water partition coefficient (Wildman–Crippen LogP) is 2.78. The number of benzene rings is 1. The molecule has 2 aromatic rings. The van der Waals surface area contributed by atoms with Gasteiger partial charge in [0.25, 0.3) is 5.91 Å². The van der Waals surface area contributed by atoms with Crippen LogP contribution in [0.1, 0.15) is 28.6 Å². The highest BCUT2D eigenvalue weighted by molar-refractivity contribution is 5.97. The van der Waals surface area contributed by atoms with Gasteiger partial charge in [-0.3, -0.25) is 4.79 Å². The zero-order chi connectivity index (χ0) is 13.7. The first-order valence-electron chi connectivity index (χ1n) is 6.22. The van der Waals surface area contributed by atoms with Gasteiger partial charge in [0.05, 0.1) is 25.5 Å². The number of amides is 1. The monoisotopic (exact) mass is 259 g/mol. The van der Waals surface area contributed by atoms with E-state index in [0.717, 1.165) is 17.7 Å². The van der Waals surface area contributed by atoms with Crippen LogP contribution in [0.15, 0.2) is 41.0 Å². The number of ether oxygens (including phenoxy) is 1. The highest BCUT2D eigenvalue weighted by Crippen LogP contribution is 2.20. The van der Waals surface area contributed by atoms with Crippen molar-refractivity contribution in [2.75, 3.05) is 7.11 Å². The number of nitrogens with one attached hydrogen (secondary N) is 1. The molecule has 0 unspecified atom stereocenters. The van der Waals surface area contributed by atoms with E-state index in [2.05, 4.69) is 5.32 Å². The van der Waals surface area contributed by atoms with Crippen LogP contribution in [0.4, 0.5) is 0 Å². The van der Waals surface area contributed by atoms with Crippen LogP contribution < -0.4 is 10.1 Å². The molecule has 0 spiro atoms. The number of hydrogen-bond donors (Lipinski definition) is 1. The van der Waals surface area contributed by atoms with Crippen LogP contribution in [0.5, 0.6) is 5.75 Å². The predicted molar refractivity (Wildman–Crippen MR) is 72.3 cm³/mol. The minimum Gasteiger partial charge on any atom is -0.496 e. The molecule has 0 saturated carbocycles. The van der Waals surface area contributed by atoms with Gasteiger partial charge >= 0.3 is 0 Å². The third-order valence-corrected chi connectivity index (χ3v) is 2.92. The van der Waals surface area contributed by atoms with Crippen LogP contribution >= 0.6 is 0 Å². The van der Waals surface area contributed by atoms with Gasteiger partial charge in [-0.25, -0.2) is 0 Å². The van der Waals surface area contributed by atoms with Crippen molar-refractivity contribution in [3.8, 4) is 5.75 Å². The number of carbonyl (C=O) groups is 1. The Hall–Kier alpha value is -2.23. The highest BCUT2D eigenvalue weighted by Gasteiger charge is 2.13. The Balaban J connectivity index is 2.12. The molecule has 0 fully saturated rings. The largest absolute Gasteiger partial charge is 0.496 e. The molecular formula is C15H17NO3. The first-order valence-corrected chi connectivity index (χ1v) is 6.22. The van der Waals surface area contributed by atoms with E-state index >= 15 is 0 Å². The summed E-state index contributed by atoms with van der Waals surface area (Å²) in [5, 5.41) is 2.81. The quantitative estimate of drug-likeness (QED) is 0.898. The van der Waals surface area contributed by atoms with E-state index in [9.17, 15) is 4.79 Å². The van der Waals surface area contributed by atoms with Crippen LogP contribution in [-0.4, -0.2) is 13.0 Å². The van der Waals surface area contributed by atoms with Gasteiger partial charge in [0.15, 0.2) is 0 Å². The number of furan rings is 1. The van der Waals surface area contributed by atoms with E-state index < -0.39 is 0 Å². The van der Waals surface area contributed by atoms with Crippen molar-refractivity contribution in [1.29, 1.82) is 0 Å². The molecule has 19 heavy (non-hydrogen) atoms. The molecule has 4 nitrogen and oxygen atoms in total. The second-order valence-corrected chi connectivity index (χ2v) is 4.15. The van der Waals surface area contributed by atoms with Crippen molar-refractivity contribution in [2.24, 2.45) is 0 Å². The van der Waals surface area contributed by atoms with Gasteiger partial charge in [-0.2, -0.15) is 0 Å². The maximum absolute atomic E-state index is 12.2. The van der Waals surface area contributed by atoms with Crippen molar-refractivity contribution < 1.29 is 13.9 Å². The molecule has 1 aromatic heterocycles. The molecule has 0 aliphatic carbocycles. The molecule has 2 rings (SSSR count). The molecule has 1 aromatic carbocycles. The minimum absolute atomic E-state index is 0.163. The zero-order valence-electron chi connectivity index (χ0n) is 11.1. The Labute approximate surface area is 112 Å². The van der Waals surface area contributed by atoms with Gasteiger partial charge in [-0.1, -0.05) is 13.0 Å². The molecule has 0 radical (unpaired) electrons. The molecule has 1 N–H and O–H groups in total. The van der Waals surface area contributed by atoms with Crippen molar-refractivity contribution in [2.45, 2.75) is 19.9 Å². The normalized spacial score (nSPS) is 10.2. The summed E-state index contributed by atoms with van der Waals surface area (Å²) in [6, 6.07) is 9.25. The zero-order valence-corrected chi connectivity index (χ0v) is 11.1. The lowest BCUT2D eigenvalue weighted by atomic mass is 10.1. The number of hydrogen-bond acceptors (Lipinski definition) is 3. The Morgan fingerprint density at radius 3 is 2.84 bits per heavy atom. The summed E-state index contributed by atoms with van der Waals surface area (Å²) >= 11 is 0. The lowest BCUT2D eigenvalue weighted by Crippen LogP contribution is -2.23. The van der Waals surface area contributed by atoms with E-state index in [-0.39, 0.29) is 5.91 Å². The second kappa shape index (κ2) is 6.09. The summed E-state index contributed by atoms with van der Waals surface area (Å²) in [5.41, 5.74) is 1.65. The highest BCUT2D eigenvalue weighted by atomic mass is 16.5. The van der Waals surface area contributed by atoms with Gasteiger partial charge < -0.3 is 14.5 Å². The van der Waals surface area contributed by atoms with Gasteiger partial charge in [0.2, 0.25) is 0 Å². The standard InChI is InChI=1S/C15H17NO3/c1-3-11-6-7-14(18-2)13(9-11)15(17)16-10-12-5-4-8-19-12/h4-9H,3,10H2,1-2H3,(H,16,17). The topological polar surface area (TPSA) is 51.5 Å². The Bertz CT molecular complexity index is 547. The first kappa shape index (κ1) is 13.2. The number of carbonyl (C=O) groups excluding carboxylic acids is 1. The Kier molecular flexibility index (Phi) is 4.23. The number of methoxy groups -OCH3 is 1. The second-order valence-electron chi connectivity index (χ2n) is 4.15. The molecule has 0 atom stereocenters. The van der Waals surface area contributed by atoms with Crippen molar-refractivity contribution in [1.82, 2.24) is 5.32 Å². The first-order chi connectivity index (χ1) is 9.24. The molecule has 0 bridgehead atoms. The SMILES string of the molecule is CCc1ccc(OC)c(C(=O)NCc2ccco2)c1. The smallest absolute Gasteiger partial charge is 0.255 e. The molecule has 0 aliphatic heterocycles. The van der Waals surface area contributed by atoms with Crippen LogP contribution in [0.2, 0.25) is 0 Å². The molecule has 1 heterocycles. The summed E-state index contributed by atoms with van der Waals surface area (Å²) < 4.78 is 10.4. The molecule has 4 heteroatoms. The van der Waals surface area contributed by atoms with Gasteiger partial charge in [0.1, 0.15) is 11.5 Å². The minimum atomic E-state index is -0.163. The summed E-state index contributed by atoms with van der Waals surface area (Å²) in [6.07, 6.45) is 2.46. The third kappa shape index (κ3) is 3.16. The Morgan fingerprint density at radius 1 is 1.37 bits per heavy atom. The summed E-state index contributed by atoms with van der Waals surface area (Å²) in [7, 11) is 1.56. The molecule has 0 saturated heterocycles. The summed E-state index contributed by atoms with van der Waals surface area (Å²) in [6.45, 7) is 2.41. The van der Waals surface area contributed by atoms with Gasteiger partial charge in [-0.05, 0) is 36.2 Å². The maximum Gasteiger partial charge on any atom is 0.255 e. The fourth-order valence-electron chi connectivity index (χ4n) is 1.83. The van der Waals surface area contributed by atoms with E-state index in [0.29, 0.717) is 17.9 Å². The number of rotatable bonds is 5. The van der Waals surface area contributed by atoms with Crippen LogP contribution in [0.3, 0.4) is 0 Å². The van der Waals surface area contributed by atoms with E-state index in [1.807, 2.05) is 31.2 Å². The molecular weight excluding hydrogens is 242 g/mol. The Morgan fingerprint density at radius 2 is 2.21 bits per heavy atom. The average molecular weight is 259 g/mol. The fraction of sp³-hybridized carbons (Fsp3) is 0.267. The average Bonchev–Trinajstić information content (AvgIpc) is 2.97. The number of aryl methyl sites for hydroxylation is 1. The molecule has 100 valence electrons. The summed E-state index contributed by atoms with van der Waals surface area (Å²) in [5.74, 6) is 1.14. The van der Waals surface area contributed by atoms with E-state index in [1.165, 1.54) is 0 Å². The van der Waals surface area contributed by atoms with Crippen LogP contribution in [-0.2, 0) is 13.0 Å². The van der Waals surface area contributed by atoms with E-state index in [4.69, 9.17) is 9.15 Å². The fourth-order valence-corrected chi connectivity index (χ4v) is 1.83. The van der Waals surface area contributed by atoms with Crippen LogP contribution in [0, 0.1) is 0 Å². The lowest BCUT2D eigenvalue weighted by Gasteiger charge is -2.10. The van der Waals surface area contributed by atoms with E-state index in [1.54, 1.807) is 19.4 Å². The van der Waals surface area contributed by atoms with Crippen LogP contribution in [0.25, 0.3) is 0 Å². The lowest BCUT2D eigenvalue weighted by molar-refractivity contribution is 0.0945. The summed E-state index contributed by atoms with van der Waals surface area (Å²) in [4.78, 5) is 12.2. The maximum atomic E-state index is 12.2. The molecule has 1 amide bonds. The molecule has 0 aliphatic rings. The van der Waals surface area contributed by atoms with Gasteiger partial charge in [-0.15, -0.1) is 0 Å². The van der Waals surface area contributed by atoms with Crippen molar-refractivity contribution in [3.63, 3.8) is 0 Å². The van der Waals surface area contributed by atoms with Gasteiger partial charge in [0, 0.05) is 0 Å². The van der Waals surface area contributed by atoms with Crippen molar-refractivity contribution in [3.05, 3.63) is 53.5 Å².